The second-order valence-electron chi connectivity index (χ2n) is 4.67. The highest BCUT2D eigenvalue weighted by Gasteiger charge is 2.11. The molecule has 0 spiro atoms. The first-order chi connectivity index (χ1) is 9.04. The molecule has 0 bridgehead atoms. The quantitative estimate of drug-likeness (QED) is 0.734. The molecule has 5 nitrogen and oxygen atoms in total. The molecule has 0 aliphatic rings. The molecule has 1 rings (SSSR count). The number of carbonyl (C=O) groups is 1. The number of rotatable bonds is 7. The molecule has 1 unspecified atom stereocenters. The number of nitrogens with two attached hydrogens (primary N) is 1. The van der Waals surface area contributed by atoms with Gasteiger partial charge in [-0.25, -0.2) is 0 Å². The van der Waals surface area contributed by atoms with Gasteiger partial charge in [0.15, 0.2) is 0 Å². The van der Waals surface area contributed by atoms with Crippen molar-refractivity contribution in [3.8, 4) is 0 Å². The zero-order valence-corrected chi connectivity index (χ0v) is 11.8. The lowest BCUT2D eigenvalue weighted by Crippen LogP contribution is -2.35. The second-order valence-corrected chi connectivity index (χ2v) is 4.67. The minimum absolute atomic E-state index is 0.0330. The van der Waals surface area contributed by atoms with Gasteiger partial charge in [-0.15, -0.1) is 0 Å². The van der Waals surface area contributed by atoms with Gasteiger partial charge in [0.1, 0.15) is 0 Å². The number of likely N-dealkylation sites (N-methyl/N-ethyl adjacent to an activating group) is 1. The molecule has 1 aromatic carbocycles. The van der Waals surface area contributed by atoms with E-state index in [1.807, 2.05) is 19.2 Å². The number of para-hydroxylation sites is 2. The highest BCUT2D eigenvalue weighted by atomic mass is 16.5. The van der Waals surface area contributed by atoms with Gasteiger partial charge in [-0.05, 0) is 26.1 Å². The summed E-state index contributed by atoms with van der Waals surface area (Å²) in [4.78, 5) is 13.9. The van der Waals surface area contributed by atoms with Crippen LogP contribution in [0.1, 0.15) is 13.3 Å². The Morgan fingerprint density at radius 2 is 2.16 bits per heavy atom. The predicted octanol–water partition coefficient (Wildman–Crippen LogP) is 1.56. The molecule has 3 N–H and O–H groups in total. The van der Waals surface area contributed by atoms with E-state index in [4.69, 9.17) is 10.5 Å². The molecule has 19 heavy (non-hydrogen) atoms. The van der Waals surface area contributed by atoms with Crippen LogP contribution in [0.4, 0.5) is 11.4 Å². The molecule has 0 aliphatic heterocycles. The third-order valence-electron chi connectivity index (χ3n) is 3.09. The molecule has 1 amide bonds. The molecule has 1 atom stereocenters. The third kappa shape index (κ3) is 5.28. The minimum Gasteiger partial charge on any atom is -0.397 e. The number of benzene rings is 1. The van der Waals surface area contributed by atoms with Crippen LogP contribution in [0.3, 0.4) is 0 Å². The van der Waals surface area contributed by atoms with Gasteiger partial charge in [0.2, 0.25) is 5.91 Å². The van der Waals surface area contributed by atoms with E-state index in [1.54, 1.807) is 19.2 Å². The molecule has 1 aromatic rings. The van der Waals surface area contributed by atoms with Crippen molar-refractivity contribution >= 4 is 17.3 Å². The minimum atomic E-state index is -0.0330. The van der Waals surface area contributed by atoms with Crippen molar-refractivity contribution in [3.63, 3.8) is 0 Å². The Morgan fingerprint density at radius 3 is 2.79 bits per heavy atom. The van der Waals surface area contributed by atoms with Crippen molar-refractivity contribution in [2.24, 2.45) is 0 Å². The van der Waals surface area contributed by atoms with Crippen molar-refractivity contribution in [3.05, 3.63) is 24.3 Å². The van der Waals surface area contributed by atoms with Crippen molar-refractivity contribution in [1.29, 1.82) is 0 Å². The number of methoxy groups -OCH3 is 1. The van der Waals surface area contributed by atoms with Crippen LogP contribution in [0.2, 0.25) is 0 Å². The van der Waals surface area contributed by atoms with Crippen molar-refractivity contribution < 1.29 is 9.53 Å². The molecular weight excluding hydrogens is 242 g/mol. The number of hydrogen-bond acceptors (Lipinski definition) is 4. The first kappa shape index (κ1) is 15.5. The maximum atomic E-state index is 11.8. The fourth-order valence-corrected chi connectivity index (χ4v) is 1.69. The predicted molar refractivity (Wildman–Crippen MR) is 78.1 cm³/mol. The molecule has 5 heteroatoms. The Bertz CT molecular complexity index is 409. The largest absolute Gasteiger partial charge is 0.397 e. The molecule has 0 fully saturated rings. The van der Waals surface area contributed by atoms with Crippen molar-refractivity contribution in [2.75, 3.05) is 38.4 Å². The van der Waals surface area contributed by atoms with Crippen LogP contribution in [0, 0.1) is 0 Å². The summed E-state index contributed by atoms with van der Waals surface area (Å²) in [6.45, 7) is 3.41. The summed E-state index contributed by atoms with van der Waals surface area (Å²) < 4.78 is 5.08. The molecule has 0 aromatic heterocycles. The number of carbonyl (C=O) groups excluding carboxylic acids is 1. The van der Waals surface area contributed by atoms with Gasteiger partial charge < -0.3 is 20.7 Å². The van der Waals surface area contributed by atoms with Crippen molar-refractivity contribution in [2.45, 2.75) is 19.4 Å². The average Bonchev–Trinajstić information content (AvgIpc) is 2.39. The van der Waals surface area contributed by atoms with E-state index in [2.05, 4.69) is 17.1 Å². The van der Waals surface area contributed by atoms with Crippen molar-refractivity contribution in [1.82, 2.24) is 4.90 Å². The number of hydrogen-bond donors (Lipinski definition) is 2. The maximum Gasteiger partial charge on any atom is 0.225 e. The van der Waals surface area contributed by atoms with Crippen LogP contribution in [0.15, 0.2) is 24.3 Å². The van der Waals surface area contributed by atoms with E-state index in [-0.39, 0.29) is 5.91 Å². The number of nitrogens with zero attached hydrogens (tertiary/aromatic N) is 1. The average molecular weight is 265 g/mol. The van der Waals surface area contributed by atoms with E-state index in [0.717, 1.165) is 0 Å². The van der Waals surface area contributed by atoms with Gasteiger partial charge in [-0.3, -0.25) is 4.79 Å². The maximum absolute atomic E-state index is 11.8. The first-order valence-corrected chi connectivity index (χ1v) is 6.38. The lowest BCUT2D eigenvalue weighted by atomic mass is 10.2. The third-order valence-corrected chi connectivity index (χ3v) is 3.09. The Balaban J connectivity index is 2.38. The van der Waals surface area contributed by atoms with E-state index < -0.39 is 0 Å². The van der Waals surface area contributed by atoms with Gasteiger partial charge in [-0.1, -0.05) is 12.1 Å². The van der Waals surface area contributed by atoms with E-state index in [1.165, 1.54) is 0 Å². The molecular formula is C14H23N3O2. The van der Waals surface area contributed by atoms with Gasteiger partial charge in [-0.2, -0.15) is 0 Å². The van der Waals surface area contributed by atoms with E-state index in [0.29, 0.717) is 37.0 Å². The Kier molecular flexibility index (Phi) is 6.32. The standard InChI is InChI=1S/C14H23N3O2/c1-11(10-19-3)17(2)9-8-14(18)16-13-7-5-4-6-12(13)15/h4-7,11H,8-10,15H2,1-3H3,(H,16,18). The molecule has 0 radical (unpaired) electrons. The molecule has 0 heterocycles. The smallest absolute Gasteiger partial charge is 0.225 e. The SMILES string of the molecule is COCC(C)N(C)CCC(=O)Nc1ccccc1N. The van der Waals surface area contributed by atoms with Crippen LogP contribution in [0.5, 0.6) is 0 Å². The van der Waals surface area contributed by atoms with Gasteiger partial charge in [0, 0.05) is 26.1 Å². The Morgan fingerprint density at radius 1 is 1.47 bits per heavy atom. The zero-order chi connectivity index (χ0) is 14.3. The second kappa shape index (κ2) is 7.76. The highest BCUT2D eigenvalue weighted by molar-refractivity contribution is 5.93. The molecule has 0 saturated heterocycles. The van der Waals surface area contributed by atoms with Gasteiger partial charge >= 0.3 is 0 Å². The Hall–Kier alpha value is -1.59. The summed E-state index contributed by atoms with van der Waals surface area (Å²) in [5, 5.41) is 2.81. The van der Waals surface area contributed by atoms with E-state index >= 15 is 0 Å². The fourth-order valence-electron chi connectivity index (χ4n) is 1.69. The molecule has 106 valence electrons. The Labute approximate surface area is 114 Å². The summed E-state index contributed by atoms with van der Waals surface area (Å²) in [5.74, 6) is -0.0330. The zero-order valence-electron chi connectivity index (χ0n) is 11.8. The summed E-state index contributed by atoms with van der Waals surface area (Å²) in [6.07, 6.45) is 0.429. The lowest BCUT2D eigenvalue weighted by molar-refractivity contribution is -0.116. The van der Waals surface area contributed by atoms with E-state index in [9.17, 15) is 4.79 Å². The van der Waals surface area contributed by atoms with Gasteiger partial charge in [0.05, 0.1) is 18.0 Å². The highest BCUT2D eigenvalue weighted by Crippen LogP contribution is 2.16. The summed E-state index contributed by atoms with van der Waals surface area (Å²) in [7, 11) is 3.66. The topological polar surface area (TPSA) is 67.6 Å². The number of ether oxygens (including phenoxy) is 1. The summed E-state index contributed by atoms with van der Waals surface area (Å²) in [5.41, 5.74) is 7.02. The van der Waals surface area contributed by atoms with Crippen LogP contribution in [-0.4, -0.2) is 44.2 Å². The lowest BCUT2D eigenvalue weighted by Gasteiger charge is -2.23. The summed E-state index contributed by atoms with van der Waals surface area (Å²) in [6, 6.07) is 7.54. The normalized spacial score (nSPS) is 12.4. The number of amides is 1. The monoisotopic (exact) mass is 265 g/mol. The number of anilines is 2. The first-order valence-electron chi connectivity index (χ1n) is 6.38. The van der Waals surface area contributed by atoms with Crippen LogP contribution in [0.25, 0.3) is 0 Å². The van der Waals surface area contributed by atoms with Crippen LogP contribution in [-0.2, 0) is 9.53 Å². The van der Waals surface area contributed by atoms with Crippen LogP contribution >= 0.6 is 0 Å². The van der Waals surface area contributed by atoms with Crippen LogP contribution < -0.4 is 11.1 Å². The molecule has 0 aliphatic carbocycles. The molecule has 0 saturated carbocycles. The van der Waals surface area contributed by atoms with Gasteiger partial charge in [0.25, 0.3) is 0 Å². The fraction of sp³-hybridized carbons (Fsp3) is 0.500. The number of nitrogens with one attached hydrogen (secondary N) is 1. The number of nitrogen functional groups attached to an aromatic ring is 1. The summed E-state index contributed by atoms with van der Waals surface area (Å²) >= 11 is 0.